The van der Waals surface area contributed by atoms with E-state index in [-0.39, 0.29) is 0 Å². The van der Waals surface area contributed by atoms with E-state index in [1.165, 1.54) is 54.9 Å². The van der Waals surface area contributed by atoms with Crippen LogP contribution in [0.3, 0.4) is 0 Å². The van der Waals surface area contributed by atoms with Crippen molar-refractivity contribution in [2.45, 2.75) is 0 Å². The zero-order valence-electron chi connectivity index (χ0n) is 32.9. The lowest BCUT2D eigenvalue weighted by Gasteiger charge is -2.26. The van der Waals surface area contributed by atoms with Gasteiger partial charge in [0.1, 0.15) is 11.3 Å². The molecule has 0 saturated heterocycles. The average molecular weight is 766 g/mol. The van der Waals surface area contributed by atoms with Gasteiger partial charge < -0.3 is 9.32 Å². The number of benzene rings is 10. The Morgan fingerprint density at radius 1 is 0.267 bits per heavy atom. The Kier molecular flexibility index (Phi) is 8.87. The van der Waals surface area contributed by atoms with Crippen LogP contribution in [0.4, 0.5) is 17.1 Å². The number of hydrogen-bond donors (Lipinski definition) is 0. The molecular weight excluding hydrogens is 727 g/mol. The van der Waals surface area contributed by atoms with Crippen LogP contribution >= 0.6 is 0 Å². The molecule has 10 aromatic carbocycles. The standard InChI is InChI=1S/C58H39NO/c1-2-10-40(11-3-1)41-18-20-42(21-19-41)43-24-31-50(32-25-43)59(51-33-26-44(27-34-51)47-30-37-55-48(38-47)23-22-45-12-4-6-14-53(45)55)52-35-28-46(29-36-52)54-15-7-8-16-56(54)58-39-49-13-5-9-17-57(49)60-58/h1-39H. The number of furan rings is 1. The molecule has 11 aromatic rings. The number of para-hydroxylation sites is 1. The molecule has 0 saturated carbocycles. The summed E-state index contributed by atoms with van der Waals surface area (Å²) < 4.78 is 6.33. The van der Waals surface area contributed by atoms with E-state index in [1.54, 1.807) is 0 Å². The Balaban J connectivity index is 0.946. The summed E-state index contributed by atoms with van der Waals surface area (Å²) in [5.74, 6) is 0.868. The Bertz CT molecular complexity index is 3240. The van der Waals surface area contributed by atoms with Gasteiger partial charge in [0, 0.05) is 28.0 Å². The summed E-state index contributed by atoms with van der Waals surface area (Å²) in [6.07, 6.45) is 0. The summed E-state index contributed by atoms with van der Waals surface area (Å²) in [6.45, 7) is 0. The Morgan fingerprint density at radius 3 is 1.37 bits per heavy atom. The Labute approximate surface area is 349 Å². The second-order valence-corrected chi connectivity index (χ2v) is 15.3. The molecule has 0 atom stereocenters. The van der Waals surface area contributed by atoms with E-state index < -0.39 is 0 Å². The van der Waals surface area contributed by atoms with Gasteiger partial charge in [0.15, 0.2) is 0 Å². The molecule has 60 heavy (non-hydrogen) atoms. The van der Waals surface area contributed by atoms with Crippen molar-refractivity contribution < 1.29 is 4.42 Å². The summed E-state index contributed by atoms with van der Waals surface area (Å²) in [5.41, 5.74) is 14.6. The largest absolute Gasteiger partial charge is 0.456 e. The molecule has 1 heterocycles. The molecule has 0 bridgehead atoms. The molecule has 0 spiro atoms. The van der Waals surface area contributed by atoms with Crippen molar-refractivity contribution in [1.82, 2.24) is 0 Å². The zero-order chi connectivity index (χ0) is 39.8. The molecule has 0 radical (unpaired) electrons. The summed E-state index contributed by atoms with van der Waals surface area (Å²) in [4.78, 5) is 2.34. The molecule has 282 valence electrons. The highest BCUT2D eigenvalue weighted by molar-refractivity contribution is 6.08. The molecule has 0 aliphatic heterocycles. The number of fused-ring (bicyclic) bond motifs is 4. The average Bonchev–Trinajstić information content (AvgIpc) is 3.77. The van der Waals surface area contributed by atoms with E-state index >= 15 is 0 Å². The monoisotopic (exact) mass is 765 g/mol. The predicted molar refractivity (Wildman–Crippen MR) is 253 cm³/mol. The second-order valence-electron chi connectivity index (χ2n) is 15.3. The van der Waals surface area contributed by atoms with Crippen molar-refractivity contribution in [3.63, 3.8) is 0 Å². The lowest BCUT2D eigenvalue weighted by Crippen LogP contribution is -2.09. The molecule has 11 rings (SSSR count). The molecule has 0 N–H and O–H groups in total. The van der Waals surface area contributed by atoms with E-state index in [1.807, 2.05) is 18.2 Å². The van der Waals surface area contributed by atoms with Gasteiger partial charge in [0.05, 0.1) is 0 Å². The lowest BCUT2D eigenvalue weighted by atomic mass is 9.97. The summed E-state index contributed by atoms with van der Waals surface area (Å²) in [5, 5.41) is 6.17. The van der Waals surface area contributed by atoms with Crippen molar-refractivity contribution in [3.05, 3.63) is 237 Å². The van der Waals surface area contributed by atoms with Gasteiger partial charge in [-0.15, -0.1) is 0 Å². The third kappa shape index (κ3) is 6.61. The van der Waals surface area contributed by atoms with E-state index in [0.29, 0.717) is 0 Å². The van der Waals surface area contributed by atoms with Crippen LogP contribution in [-0.4, -0.2) is 0 Å². The van der Waals surface area contributed by atoms with Gasteiger partial charge in [-0.2, -0.15) is 0 Å². The van der Waals surface area contributed by atoms with Crippen LogP contribution in [0.2, 0.25) is 0 Å². The Hall–Kier alpha value is -7.94. The fourth-order valence-corrected chi connectivity index (χ4v) is 8.59. The maximum Gasteiger partial charge on any atom is 0.136 e. The second kappa shape index (κ2) is 15.1. The maximum atomic E-state index is 6.33. The Morgan fingerprint density at radius 2 is 0.717 bits per heavy atom. The minimum absolute atomic E-state index is 0.868. The zero-order valence-corrected chi connectivity index (χ0v) is 32.9. The topological polar surface area (TPSA) is 16.4 Å². The van der Waals surface area contributed by atoms with Crippen LogP contribution < -0.4 is 4.90 Å². The number of anilines is 3. The van der Waals surface area contributed by atoms with E-state index in [2.05, 4.69) is 223 Å². The van der Waals surface area contributed by atoms with E-state index in [9.17, 15) is 0 Å². The summed E-state index contributed by atoms with van der Waals surface area (Å²) >= 11 is 0. The van der Waals surface area contributed by atoms with Gasteiger partial charge in [-0.3, -0.25) is 0 Å². The smallest absolute Gasteiger partial charge is 0.136 e. The molecule has 0 amide bonds. The van der Waals surface area contributed by atoms with Gasteiger partial charge in [0.25, 0.3) is 0 Å². The van der Waals surface area contributed by atoms with Crippen molar-refractivity contribution in [2.75, 3.05) is 4.90 Å². The quantitative estimate of drug-likeness (QED) is 0.143. The molecule has 0 fully saturated rings. The first-order valence-electron chi connectivity index (χ1n) is 20.5. The van der Waals surface area contributed by atoms with Gasteiger partial charge in [-0.05, 0) is 121 Å². The van der Waals surface area contributed by atoms with Crippen molar-refractivity contribution in [1.29, 1.82) is 0 Å². The lowest BCUT2D eigenvalue weighted by molar-refractivity contribution is 0.632. The maximum absolute atomic E-state index is 6.33. The highest BCUT2D eigenvalue weighted by atomic mass is 16.3. The first-order chi connectivity index (χ1) is 29.7. The summed E-state index contributed by atoms with van der Waals surface area (Å²) in [6, 6.07) is 84.8. The molecule has 2 heteroatoms. The van der Waals surface area contributed by atoms with Gasteiger partial charge in [-0.25, -0.2) is 0 Å². The molecule has 1 aromatic heterocycles. The van der Waals surface area contributed by atoms with Crippen LogP contribution in [-0.2, 0) is 0 Å². The fraction of sp³-hybridized carbons (Fsp3) is 0. The normalized spacial score (nSPS) is 11.3. The van der Waals surface area contributed by atoms with Crippen molar-refractivity contribution >= 4 is 49.6 Å². The van der Waals surface area contributed by atoms with Crippen molar-refractivity contribution in [2.24, 2.45) is 0 Å². The van der Waals surface area contributed by atoms with E-state index in [0.717, 1.165) is 50.5 Å². The predicted octanol–water partition coefficient (Wildman–Crippen LogP) is 16.5. The van der Waals surface area contributed by atoms with Crippen molar-refractivity contribution in [3.8, 4) is 55.8 Å². The number of rotatable bonds is 8. The fourth-order valence-electron chi connectivity index (χ4n) is 8.59. The van der Waals surface area contributed by atoms with Gasteiger partial charge in [-0.1, -0.05) is 182 Å². The minimum atomic E-state index is 0.868. The minimum Gasteiger partial charge on any atom is -0.456 e. The first-order valence-corrected chi connectivity index (χ1v) is 20.5. The highest BCUT2D eigenvalue weighted by Crippen LogP contribution is 2.40. The first kappa shape index (κ1) is 35.2. The van der Waals surface area contributed by atoms with Gasteiger partial charge in [0.2, 0.25) is 0 Å². The SMILES string of the molecule is c1ccc(-c2ccc(-c3ccc(N(c4ccc(-c5ccc6c(ccc7ccccc76)c5)cc4)c4ccc(-c5ccccc5-c5cc6ccccc6o5)cc4)cc3)cc2)cc1. The third-order valence-electron chi connectivity index (χ3n) is 11.7. The molecular formula is C58H39NO. The summed E-state index contributed by atoms with van der Waals surface area (Å²) in [7, 11) is 0. The van der Waals surface area contributed by atoms with Crippen LogP contribution in [0.5, 0.6) is 0 Å². The third-order valence-corrected chi connectivity index (χ3v) is 11.7. The van der Waals surface area contributed by atoms with Crippen LogP contribution in [0.25, 0.3) is 88.3 Å². The van der Waals surface area contributed by atoms with Crippen LogP contribution in [0.1, 0.15) is 0 Å². The van der Waals surface area contributed by atoms with Gasteiger partial charge >= 0.3 is 0 Å². The number of hydrogen-bond acceptors (Lipinski definition) is 2. The van der Waals surface area contributed by atoms with Crippen LogP contribution in [0.15, 0.2) is 241 Å². The molecule has 2 nitrogen and oxygen atoms in total. The van der Waals surface area contributed by atoms with E-state index in [4.69, 9.17) is 4.42 Å². The molecule has 0 aliphatic rings. The van der Waals surface area contributed by atoms with Crippen LogP contribution in [0, 0.1) is 0 Å². The highest BCUT2D eigenvalue weighted by Gasteiger charge is 2.16. The molecule has 0 unspecified atom stereocenters. The molecule has 0 aliphatic carbocycles. The number of nitrogens with zero attached hydrogens (tertiary/aromatic N) is 1.